The van der Waals surface area contributed by atoms with E-state index in [9.17, 15) is 0 Å². The van der Waals surface area contributed by atoms with Crippen LogP contribution in [0.4, 0.5) is 5.82 Å². The lowest BCUT2D eigenvalue weighted by atomic mass is 10.2. The molecule has 0 amide bonds. The maximum absolute atomic E-state index is 5.54. The summed E-state index contributed by atoms with van der Waals surface area (Å²) in [6, 6.07) is 3.79. The van der Waals surface area contributed by atoms with E-state index in [4.69, 9.17) is 5.73 Å². The van der Waals surface area contributed by atoms with E-state index in [0.717, 1.165) is 17.8 Å². The number of aryl methyl sites for hydroxylation is 1. The van der Waals surface area contributed by atoms with Gasteiger partial charge in [0.2, 0.25) is 0 Å². The molecule has 0 aliphatic heterocycles. The van der Waals surface area contributed by atoms with Gasteiger partial charge in [-0.25, -0.2) is 4.98 Å². The number of nitrogens with two attached hydrogens (primary N) is 1. The fourth-order valence-electron chi connectivity index (χ4n) is 1.64. The molecule has 16 heavy (non-hydrogen) atoms. The number of anilines is 1. The van der Waals surface area contributed by atoms with Crippen molar-refractivity contribution in [3.63, 3.8) is 0 Å². The molecular formula is C12H16N4. The van der Waals surface area contributed by atoms with Crippen LogP contribution in [0.1, 0.15) is 22.5 Å². The van der Waals surface area contributed by atoms with E-state index in [1.54, 1.807) is 6.20 Å². The van der Waals surface area contributed by atoms with Gasteiger partial charge in [-0.05, 0) is 38.0 Å². The molecule has 2 aromatic heterocycles. The second-order valence-corrected chi connectivity index (χ2v) is 4.04. The lowest BCUT2D eigenvalue weighted by molar-refractivity contribution is 0.657. The van der Waals surface area contributed by atoms with Crippen LogP contribution in [0, 0.1) is 20.8 Å². The molecule has 0 atom stereocenters. The molecule has 0 fully saturated rings. The van der Waals surface area contributed by atoms with Crippen molar-refractivity contribution >= 4 is 5.82 Å². The summed E-state index contributed by atoms with van der Waals surface area (Å²) >= 11 is 0. The fourth-order valence-corrected chi connectivity index (χ4v) is 1.64. The lowest BCUT2D eigenvalue weighted by Gasteiger charge is -2.04. The average molecular weight is 216 g/mol. The number of hydrogen-bond acceptors (Lipinski definition) is 3. The van der Waals surface area contributed by atoms with Crippen molar-refractivity contribution in [1.29, 1.82) is 0 Å². The van der Waals surface area contributed by atoms with Gasteiger partial charge in [0.25, 0.3) is 0 Å². The summed E-state index contributed by atoms with van der Waals surface area (Å²) in [5.41, 5.74) is 10.2. The topological polar surface area (TPSA) is 56.7 Å². The van der Waals surface area contributed by atoms with Gasteiger partial charge in [0, 0.05) is 11.9 Å². The van der Waals surface area contributed by atoms with E-state index in [1.807, 2.05) is 23.7 Å². The van der Waals surface area contributed by atoms with Crippen LogP contribution < -0.4 is 5.73 Å². The zero-order valence-corrected chi connectivity index (χ0v) is 9.86. The monoisotopic (exact) mass is 216 g/mol. The van der Waals surface area contributed by atoms with Crippen LogP contribution in [-0.4, -0.2) is 14.8 Å². The zero-order chi connectivity index (χ0) is 11.7. The van der Waals surface area contributed by atoms with Crippen molar-refractivity contribution in [3.05, 3.63) is 40.8 Å². The predicted molar refractivity (Wildman–Crippen MR) is 64.2 cm³/mol. The van der Waals surface area contributed by atoms with Gasteiger partial charge in [-0.1, -0.05) is 6.07 Å². The molecule has 2 heterocycles. The molecule has 0 saturated heterocycles. The van der Waals surface area contributed by atoms with E-state index in [0.29, 0.717) is 5.82 Å². The molecule has 0 aromatic carbocycles. The summed E-state index contributed by atoms with van der Waals surface area (Å²) in [6.45, 7) is 6.95. The molecule has 0 bridgehead atoms. The highest BCUT2D eigenvalue weighted by atomic mass is 15.3. The minimum atomic E-state index is 0.549. The van der Waals surface area contributed by atoms with Crippen LogP contribution in [-0.2, 0) is 6.54 Å². The lowest BCUT2D eigenvalue weighted by Crippen LogP contribution is -2.04. The fraction of sp³-hybridized carbons (Fsp3) is 0.333. The van der Waals surface area contributed by atoms with Crippen molar-refractivity contribution in [2.75, 3.05) is 5.73 Å². The van der Waals surface area contributed by atoms with Crippen molar-refractivity contribution < 1.29 is 0 Å². The van der Waals surface area contributed by atoms with Crippen LogP contribution in [0.5, 0.6) is 0 Å². The van der Waals surface area contributed by atoms with Gasteiger partial charge >= 0.3 is 0 Å². The van der Waals surface area contributed by atoms with E-state index < -0.39 is 0 Å². The Labute approximate surface area is 95.1 Å². The minimum absolute atomic E-state index is 0.549. The Hall–Kier alpha value is -1.84. The Balaban J connectivity index is 2.27. The second kappa shape index (κ2) is 3.96. The predicted octanol–water partition coefficient (Wildman–Crippen LogP) is 1.83. The standard InChI is InChI=1S/C12H16N4/c1-8-9(2)15-16(10(8)3)7-11-4-5-12(13)14-6-11/h4-6H,7H2,1-3H3,(H2,13,14). The third-order valence-electron chi connectivity index (χ3n) is 2.92. The van der Waals surface area contributed by atoms with Crippen LogP contribution in [0.25, 0.3) is 0 Å². The number of rotatable bonds is 2. The van der Waals surface area contributed by atoms with Gasteiger partial charge in [-0.3, -0.25) is 4.68 Å². The highest BCUT2D eigenvalue weighted by molar-refractivity contribution is 5.30. The summed E-state index contributed by atoms with van der Waals surface area (Å²) in [5.74, 6) is 0.549. The normalized spacial score (nSPS) is 10.7. The average Bonchev–Trinajstić information content (AvgIpc) is 2.50. The molecule has 0 unspecified atom stereocenters. The Kier molecular flexibility index (Phi) is 2.64. The molecule has 2 N–H and O–H groups in total. The van der Waals surface area contributed by atoms with Crippen molar-refractivity contribution in [2.45, 2.75) is 27.3 Å². The van der Waals surface area contributed by atoms with Crippen molar-refractivity contribution in [2.24, 2.45) is 0 Å². The van der Waals surface area contributed by atoms with E-state index in [1.165, 1.54) is 11.3 Å². The summed E-state index contributed by atoms with van der Waals surface area (Å²) in [5, 5.41) is 4.49. The van der Waals surface area contributed by atoms with E-state index in [-0.39, 0.29) is 0 Å². The van der Waals surface area contributed by atoms with E-state index in [2.05, 4.69) is 23.9 Å². The summed E-state index contributed by atoms with van der Waals surface area (Å²) in [4.78, 5) is 4.07. The first-order chi connectivity index (χ1) is 7.58. The Bertz CT molecular complexity index is 496. The van der Waals surface area contributed by atoms with Gasteiger partial charge in [0.05, 0.1) is 12.2 Å². The molecule has 0 aliphatic rings. The number of pyridine rings is 1. The van der Waals surface area contributed by atoms with Crippen LogP contribution in [0.15, 0.2) is 18.3 Å². The Morgan fingerprint density at radius 1 is 1.25 bits per heavy atom. The highest BCUT2D eigenvalue weighted by Gasteiger charge is 2.07. The number of hydrogen-bond donors (Lipinski definition) is 1. The van der Waals surface area contributed by atoms with Gasteiger partial charge in [0.15, 0.2) is 0 Å². The van der Waals surface area contributed by atoms with Crippen LogP contribution in [0.3, 0.4) is 0 Å². The molecule has 84 valence electrons. The zero-order valence-electron chi connectivity index (χ0n) is 9.86. The molecule has 0 saturated carbocycles. The molecule has 0 aliphatic carbocycles. The van der Waals surface area contributed by atoms with Crippen molar-refractivity contribution in [1.82, 2.24) is 14.8 Å². The maximum atomic E-state index is 5.54. The quantitative estimate of drug-likeness (QED) is 0.833. The largest absolute Gasteiger partial charge is 0.384 e. The third kappa shape index (κ3) is 1.91. The Morgan fingerprint density at radius 2 is 2.00 bits per heavy atom. The molecular weight excluding hydrogens is 200 g/mol. The molecule has 4 heteroatoms. The smallest absolute Gasteiger partial charge is 0.123 e. The van der Waals surface area contributed by atoms with E-state index >= 15 is 0 Å². The first-order valence-electron chi connectivity index (χ1n) is 5.29. The van der Waals surface area contributed by atoms with Crippen LogP contribution >= 0.6 is 0 Å². The third-order valence-corrected chi connectivity index (χ3v) is 2.92. The molecule has 4 nitrogen and oxygen atoms in total. The van der Waals surface area contributed by atoms with Gasteiger partial charge in [-0.2, -0.15) is 5.10 Å². The second-order valence-electron chi connectivity index (χ2n) is 4.04. The Morgan fingerprint density at radius 3 is 2.50 bits per heavy atom. The summed E-state index contributed by atoms with van der Waals surface area (Å²) < 4.78 is 2.00. The first-order valence-corrected chi connectivity index (χ1v) is 5.29. The van der Waals surface area contributed by atoms with Crippen LogP contribution in [0.2, 0.25) is 0 Å². The maximum Gasteiger partial charge on any atom is 0.123 e. The van der Waals surface area contributed by atoms with Gasteiger partial charge in [0.1, 0.15) is 5.82 Å². The molecule has 2 rings (SSSR count). The summed E-state index contributed by atoms with van der Waals surface area (Å²) in [7, 11) is 0. The molecule has 0 radical (unpaired) electrons. The SMILES string of the molecule is Cc1nn(Cc2ccc(N)nc2)c(C)c1C. The number of nitrogen functional groups attached to an aromatic ring is 1. The molecule has 0 spiro atoms. The first kappa shape index (κ1) is 10.7. The highest BCUT2D eigenvalue weighted by Crippen LogP contribution is 2.13. The minimum Gasteiger partial charge on any atom is -0.384 e. The van der Waals surface area contributed by atoms with Crippen molar-refractivity contribution in [3.8, 4) is 0 Å². The summed E-state index contributed by atoms with van der Waals surface area (Å²) in [6.07, 6.45) is 1.79. The van der Waals surface area contributed by atoms with Gasteiger partial charge < -0.3 is 5.73 Å². The molecule has 2 aromatic rings. The number of nitrogens with zero attached hydrogens (tertiary/aromatic N) is 3. The number of aromatic nitrogens is 3. The van der Waals surface area contributed by atoms with Gasteiger partial charge in [-0.15, -0.1) is 0 Å².